The van der Waals surface area contributed by atoms with Crippen molar-refractivity contribution >= 4 is 33.0 Å². The predicted molar refractivity (Wildman–Crippen MR) is 88.2 cm³/mol. The van der Waals surface area contributed by atoms with Crippen LogP contribution < -0.4 is 9.47 Å². The molecule has 0 N–H and O–H groups in total. The van der Waals surface area contributed by atoms with Gasteiger partial charge in [-0.25, -0.2) is 0 Å². The first-order chi connectivity index (χ1) is 11.2. The Bertz CT molecular complexity index is 907. The highest BCUT2D eigenvalue weighted by Gasteiger charge is 2.37. The van der Waals surface area contributed by atoms with Crippen molar-refractivity contribution < 1.29 is 19.1 Å². The standard InChI is InChI=1S/C18H12O4S/c1-21-16-11-7-8-23-18(11)17(22-2)13-12(16)14(19)9-5-3-4-6-10(9)15(13)20/h3-8H,1-2H3. The molecule has 0 aliphatic heterocycles. The van der Waals surface area contributed by atoms with Crippen LogP contribution in [0.25, 0.3) is 10.1 Å². The molecule has 4 rings (SSSR count). The molecule has 0 radical (unpaired) electrons. The van der Waals surface area contributed by atoms with Crippen molar-refractivity contribution in [2.24, 2.45) is 0 Å². The van der Waals surface area contributed by atoms with E-state index in [1.165, 1.54) is 25.6 Å². The van der Waals surface area contributed by atoms with Gasteiger partial charge in [0.15, 0.2) is 11.6 Å². The fourth-order valence-corrected chi connectivity index (χ4v) is 4.05. The summed E-state index contributed by atoms with van der Waals surface area (Å²) in [7, 11) is 3.02. The monoisotopic (exact) mass is 324 g/mol. The van der Waals surface area contributed by atoms with Crippen LogP contribution in [0.4, 0.5) is 0 Å². The van der Waals surface area contributed by atoms with Crippen molar-refractivity contribution in [3.8, 4) is 11.5 Å². The molecule has 0 atom stereocenters. The maximum Gasteiger partial charge on any atom is 0.198 e. The van der Waals surface area contributed by atoms with Gasteiger partial charge in [0.25, 0.3) is 0 Å². The summed E-state index contributed by atoms with van der Waals surface area (Å²) < 4.78 is 11.8. The lowest BCUT2D eigenvalue weighted by molar-refractivity contribution is 0.0974. The number of thiophene rings is 1. The second-order valence-corrected chi connectivity index (χ2v) is 6.10. The van der Waals surface area contributed by atoms with E-state index in [1.807, 2.05) is 11.4 Å². The first kappa shape index (κ1) is 14.0. The molecule has 0 spiro atoms. The van der Waals surface area contributed by atoms with Crippen LogP contribution in [-0.2, 0) is 0 Å². The van der Waals surface area contributed by atoms with Crippen molar-refractivity contribution in [1.82, 2.24) is 0 Å². The van der Waals surface area contributed by atoms with E-state index in [0.717, 1.165) is 10.1 Å². The Morgan fingerprint density at radius 2 is 1.39 bits per heavy atom. The molecule has 0 saturated heterocycles. The second-order valence-electron chi connectivity index (χ2n) is 5.18. The largest absolute Gasteiger partial charge is 0.495 e. The number of carbonyl (C=O) groups excluding carboxylic acids is 2. The lowest BCUT2D eigenvalue weighted by Gasteiger charge is -2.22. The fourth-order valence-electron chi connectivity index (χ4n) is 3.13. The van der Waals surface area contributed by atoms with E-state index in [1.54, 1.807) is 24.3 Å². The van der Waals surface area contributed by atoms with Gasteiger partial charge in [0, 0.05) is 16.5 Å². The first-order valence-electron chi connectivity index (χ1n) is 7.02. The zero-order valence-corrected chi connectivity index (χ0v) is 13.3. The average Bonchev–Trinajstić information content (AvgIpc) is 3.06. The Balaban J connectivity index is 2.20. The third-order valence-corrected chi connectivity index (χ3v) is 5.01. The van der Waals surface area contributed by atoms with Gasteiger partial charge in [0.2, 0.25) is 0 Å². The number of hydrogen-bond acceptors (Lipinski definition) is 5. The van der Waals surface area contributed by atoms with Gasteiger partial charge in [0.05, 0.1) is 30.0 Å². The normalized spacial score (nSPS) is 13.0. The molecule has 0 bridgehead atoms. The Hall–Kier alpha value is -2.66. The molecule has 0 saturated carbocycles. The van der Waals surface area contributed by atoms with E-state index in [-0.39, 0.29) is 11.6 Å². The fraction of sp³-hybridized carbons (Fsp3) is 0.111. The topological polar surface area (TPSA) is 52.6 Å². The van der Waals surface area contributed by atoms with Gasteiger partial charge in [-0.05, 0) is 11.4 Å². The minimum Gasteiger partial charge on any atom is -0.495 e. The van der Waals surface area contributed by atoms with E-state index in [9.17, 15) is 9.59 Å². The highest BCUT2D eigenvalue weighted by atomic mass is 32.1. The molecule has 5 heteroatoms. The molecule has 1 aliphatic carbocycles. The third-order valence-electron chi connectivity index (χ3n) is 4.10. The van der Waals surface area contributed by atoms with Gasteiger partial charge in [-0.15, -0.1) is 11.3 Å². The predicted octanol–water partition coefficient (Wildman–Crippen LogP) is 3.69. The number of fused-ring (bicyclic) bond motifs is 3. The Labute approximate surface area is 136 Å². The molecule has 4 nitrogen and oxygen atoms in total. The quantitative estimate of drug-likeness (QED) is 0.564. The maximum atomic E-state index is 13.0. The summed E-state index contributed by atoms with van der Waals surface area (Å²) in [5, 5.41) is 2.68. The minimum absolute atomic E-state index is 0.208. The maximum absolute atomic E-state index is 13.0. The number of rotatable bonds is 2. The van der Waals surface area contributed by atoms with E-state index < -0.39 is 0 Å². The van der Waals surface area contributed by atoms with Gasteiger partial charge in [-0.3, -0.25) is 9.59 Å². The molecule has 1 aliphatic rings. The van der Waals surface area contributed by atoms with E-state index in [0.29, 0.717) is 33.8 Å². The average molecular weight is 324 g/mol. The summed E-state index contributed by atoms with van der Waals surface area (Å²) in [5.41, 5.74) is 1.39. The third kappa shape index (κ3) is 1.71. The Morgan fingerprint density at radius 3 is 1.96 bits per heavy atom. The van der Waals surface area contributed by atoms with Crippen LogP contribution in [0.15, 0.2) is 35.7 Å². The molecule has 3 aromatic rings. The Morgan fingerprint density at radius 1 is 0.826 bits per heavy atom. The van der Waals surface area contributed by atoms with Crippen LogP contribution >= 0.6 is 11.3 Å². The number of ether oxygens (including phenoxy) is 2. The first-order valence-corrected chi connectivity index (χ1v) is 7.90. The lowest BCUT2D eigenvalue weighted by atomic mass is 9.82. The van der Waals surface area contributed by atoms with Crippen molar-refractivity contribution in [2.45, 2.75) is 0 Å². The number of carbonyl (C=O) groups is 2. The van der Waals surface area contributed by atoms with Crippen LogP contribution in [0.2, 0.25) is 0 Å². The summed E-state index contributed by atoms with van der Waals surface area (Å²) in [6.07, 6.45) is 0. The molecule has 23 heavy (non-hydrogen) atoms. The van der Waals surface area contributed by atoms with Crippen LogP contribution in [0, 0.1) is 0 Å². The summed E-state index contributed by atoms with van der Waals surface area (Å²) in [4.78, 5) is 26.0. The number of benzene rings is 2. The minimum atomic E-state index is -0.210. The zero-order valence-electron chi connectivity index (χ0n) is 12.5. The van der Waals surface area contributed by atoms with Gasteiger partial charge in [0.1, 0.15) is 11.5 Å². The molecule has 2 aromatic carbocycles. The SMILES string of the molecule is COc1c2c(c(OC)c3sccc13)C(=O)c1ccccc1C2=O. The molecular weight excluding hydrogens is 312 g/mol. The van der Waals surface area contributed by atoms with Crippen LogP contribution in [-0.4, -0.2) is 25.8 Å². The molecule has 1 aromatic heterocycles. The van der Waals surface area contributed by atoms with Gasteiger partial charge in [-0.1, -0.05) is 24.3 Å². The van der Waals surface area contributed by atoms with E-state index in [2.05, 4.69) is 0 Å². The molecular formula is C18H12O4S. The number of methoxy groups -OCH3 is 2. The molecule has 0 fully saturated rings. The summed E-state index contributed by atoms with van der Waals surface area (Å²) in [6, 6.07) is 8.72. The summed E-state index contributed by atoms with van der Waals surface area (Å²) in [6.45, 7) is 0. The highest BCUT2D eigenvalue weighted by molar-refractivity contribution is 7.17. The number of ketones is 2. The molecule has 0 amide bonds. The summed E-state index contributed by atoms with van der Waals surface area (Å²) >= 11 is 1.46. The summed E-state index contributed by atoms with van der Waals surface area (Å²) in [5.74, 6) is 0.461. The van der Waals surface area contributed by atoms with E-state index in [4.69, 9.17) is 9.47 Å². The van der Waals surface area contributed by atoms with Crippen molar-refractivity contribution in [3.05, 3.63) is 58.0 Å². The van der Waals surface area contributed by atoms with Gasteiger partial charge in [-0.2, -0.15) is 0 Å². The van der Waals surface area contributed by atoms with Crippen molar-refractivity contribution in [1.29, 1.82) is 0 Å². The molecule has 0 unspecified atom stereocenters. The van der Waals surface area contributed by atoms with Crippen LogP contribution in [0.5, 0.6) is 11.5 Å². The van der Waals surface area contributed by atoms with Crippen LogP contribution in [0.1, 0.15) is 31.8 Å². The lowest BCUT2D eigenvalue weighted by Crippen LogP contribution is -2.22. The van der Waals surface area contributed by atoms with E-state index >= 15 is 0 Å². The molecule has 114 valence electrons. The van der Waals surface area contributed by atoms with Gasteiger partial charge < -0.3 is 9.47 Å². The smallest absolute Gasteiger partial charge is 0.198 e. The zero-order chi connectivity index (χ0) is 16.1. The Kier molecular flexibility index (Phi) is 2.99. The second kappa shape index (κ2) is 4.93. The van der Waals surface area contributed by atoms with Crippen molar-refractivity contribution in [2.75, 3.05) is 14.2 Å². The van der Waals surface area contributed by atoms with Crippen LogP contribution in [0.3, 0.4) is 0 Å². The van der Waals surface area contributed by atoms with Gasteiger partial charge >= 0.3 is 0 Å². The van der Waals surface area contributed by atoms with Crippen molar-refractivity contribution in [3.63, 3.8) is 0 Å². The molecule has 1 heterocycles. The number of hydrogen-bond donors (Lipinski definition) is 0. The highest BCUT2D eigenvalue weighted by Crippen LogP contribution is 2.47.